The fourth-order valence-electron chi connectivity index (χ4n) is 3.37. The minimum absolute atomic E-state index is 0.0359. The molecule has 1 heterocycles. The van der Waals surface area contributed by atoms with Crippen molar-refractivity contribution in [1.82, 2.24) is 5.32 Å². The van der Waals surface area contributed by atoms with Gasteiger partial charge in [0.05, 0.1) is 11.6 Å². The number of amides is 2. The first-order chi connectivity index (χ1) is 16.1. The van der Waals surface area contributed by atoms with Crippen LogP contribution in [0.1, 0.15) is 25.8 Å². The summed E-state index contributed by atoms with van der Waals surface area (Å²) in [5.41, 5.74) is 2.03. The van der Waals surface area contributed by atoms with E-state index >= 15 is 0 Å². The number of aliphatic carboxylic acids is 1. The van der Waals surface area contributed by atoms with Gasteiger partial charge in [-0.15, -0.1) is 0 Å². The predicted molar refractivity (Wildman–Crippen MR) is 133 cm³/mol. The molecule has 3 rings (SSSR count). The lowest BCUT2D eigenvalue weighted by molar-refractivity contribution is -0.137. The zero-order valence-corrected chi connectivity index (χ0v) is 20.2. The van der Waals surface area contributed by atoms with E-state index in [0.717, 1.165) is 0 Å². The number of carbonyl (C=O) groups is 3. The number of ether oxygens (including phenoxy) is 1. The molecule has 0 aliphatic carbocycles. The Labute approximate surface area is 207 Å². The number of carbonyl (C=O) groups excluding carboxylic acids is 2. The fraction of sp³-hybridized carbons (Fsp3) is 0.292. The van der Waals surface area contributed by atoms with Gasteiger partial charge in [-0.05, 0) is 42.0 Å². The average molecular weight is 506 g/mol. The number of hydrogen-bond acceptors (Lipinski definition) is 5. The highest BCUT2D eigenvalue weighted by Gasteiger charge is 2.29. The van der Waals surface area contributed by atoms with E-state index in [4.69, 9.17) is 27.9 Å². The van der Waals surface area contributed by atoms with E-state index in [1.807, 2.05) is 13.8 Å². The fourth-order valence-corrected chi connectivity index (χ4v) is 3.99. The molecule has 0 saturated heterocycles. The van der Waals surface area contributed by atoms with Gasteiger partial charge in [0.25, 0.3) is 0 Å². The zero-order chi connectivity index (χ0) is 24.8. The molecule has 1 unspecified atom stereocenters. The van der Waals surface area contributed by atoms with E-state index in [-0.39, 0.29) is 18.2 Å². The lowest BCUT2D eigenvalue weighted by atomic mass is 9.92. The van der Waals surface area contributed by atoms with Crippen LogP contribution in [0.4, 0.5) is 11.4 Å². The van der Waals surface area contributed by atoms with E-state index in [2.05, 4.69) is 16.0 Å². The summed E-state index contributed by atoms with van der Waals surface area (Å²) in [4.78, 5) is 35.8. The molecule has 4 N–H and O–H groups in total. The summed E-state index contributed by atoms with van der Waals surface area (Å²) in [7, 11) is 0. The smallest absolute Gasteiger partial charge is 0.326 e. The van der Waals surface area contributed by atoms with Crippen molar-refractivity contribution >= 4 is 57.9 Å². The van der Waals surface area contributed by atoms with Gasteiger partial charge in [0.2, 0.25) is 11.8 Å². The van der Waals surface area contributed by atoms with Gasteiger partial charge < -0.3 is 25.8 Å². The summed E-state index contributed by atoms with van der Waals surface area (Å²) >= 11 is 12.4. The third-order valence-corrected chi connectivity index (χ3v) is 5.57. The van der Waals surface area contributed by atoms with Gasteiger partial charge in [-0.2, -0.15) is 0 Å². The van der Waals surface area contributed by atoms with Crippen molar-refractivity contribution in [3.63, 3.8) is 0 Å². The number of rotatable bonds is 8. The van der Waals surface area contributed by atoms with Crippen LogP contribution in [0.15, 0.2) is 42.5 Å². The number of halogens is 2. The molecule has 10 heteroatoms. The number of anilines is 2. The summed E-state index contributed by atoms with van der Waals surface area (Å²) in [6.07, 6.45) is 1.43. The zero-order valence-electron chi connectivity index (χ0n) is 18.7. The molecule has 34 heavy (non-hydrogen) atoms. The molecule has 1 aliphatic rings. The lowest BCUT2D eigenvalue weighted by Gasteiger charge is -2.27. The van der Waals surface area contributed by atoms with Crippen LogP contribution in [0.25, 0.3) is 5.57 Å². The molecule has 0 aromatic heterocycles. The number of nitrogens with one attached hydrogen (secondary N) is 3. The monoisotopic (exact) mass is 505 g/mol. The Morgan fingerprint density at radius 1 is 1.21 bits per heavy atom. The van der Waals surface area contributed by atoms with Crippen molar-refractivity contribution in [1.29, 1.82) is 0 Å². The third kappa shape index (κ3) is 6.65. The second-order valence-electron chi connectivity index (χ2n) is 8.03. The number of carboxylic acids is 1. The Balaban J connectivity index is 1.65. The van der Waals surface area contributed by atoms with Crippen LogP contribution in [0.2, 0.25) is 10.0 Å². The van der Waals surface area contributed by atoms with Crippen molar-refractivity contribution in [3.05, 3.63) is 58.1 Å². The number of benzene rings is 2. The molecule has 0 bridgehead atoms. The van der Waals surface area contributed by atoms with Crippen LogP contribution >= 0.6 is 23.2 Å². The van der Waals surface area contributed by atoms with Crippen LogP contribution in [0.3, 0.4) is 0 Å². The SMILES string of the molecule is CC(C)C(=O)NCCOc1ccc(NC(=O)/C=C2\CC(C(=O)O)Nc3cc(Cl)cc(Cl)c32)cc1. The quantitative estimate of drug-likeness (QED) is 0.311. The van der Waals surface area contributed by atoms with Gasteiger partial charge in [-0.3, -0.25) is 9.59 Å². The maximum Gasteiger partial charge on any atom is 0.326 e. The standard InChI is InChI=1S/C24H25Cl2N3O5/c1-13(2)23(31)27-7-8-34-17-5-3-16(4-6-17)28-21(30)10-14-9-20(24(32)33)29-19-12-15(25)11-18(26)22(14)19/h3-6,10-13,20,29H,7-9H2,1-2H3,(H,27,31)(H,28,30)(H,32,33)/b14-10+. The highest BCUT2D eigenvalue weighted by molar-refractivity contribution is 6.36. The van der Waals surface area contributed by atoms with E-state index in [9.17, 15) is 19.5 Å². The van der Waals surface area contributed by atoms with Gasteiger partial charge in [0, 0.05) is 40.4 Å². The van der Waals surface area contributed by atoms with Crippen LogP contribution in [0, 0.1) is 5.92 Å². The largest absolute Gasteiger partial charge is 0.492 e. The molecule has 180 valence electrons. The average Bonchev–Trinajstić information content (AvgIpc) is 2.76. The molecule has 0 fully saturated rings. The Morgan fingerprint density at radius 3 is 2.56 bits per heavy atom. The molecule has 2 amide bonds. The summed E-state index contributed by atoms with van der Waals surface area (Å²) in [6.45, 7) is 4.35. The van der Waals surface area contributed by atoms with Crippen LogP contribution in [-0.2, 0) is 14.4 Å². The van der Waals surface area contributed by atoms with Crippen molar-refractivity contribution in [2.75, 3.05) is 23.8 Å². The van der Waals surface area contributed by atoms with Gasteiger partial charge in [-0.1, -0.05) is 37.0 Å². The minimum Gasteiger partial charge on any atom is -0.492 e. The normalized spacial score (nSPS) is 15.9. The molecule has 0 radical (unpaired) electrons. The summed E-state index contributed by atoms with van der Waals surface area (Å²) in [6, 6.07) is 8.98. The van der Waals surface area contributed by atoms with Crippen LogP contribution < -0.4 is 20.7 Å². The van der Waals surface area contributed by atoms with Gasteiger partial charge in [-0.25, -0.2) is 4.79 Å². The van der Waals surface area contributed by atoms with Crippen molar-refractivity contribution < 1.29 is 24.2 Å². The molecule has 1 atom stereocenters. The maximum absolute atomic E-state index is 12.7. The molecule has 0 saturated carbocycles. The second-order valence-corrected chi connectivity index (χ2v) is 8.87. The third-order valence-electron chi connectivity index (χ3n) is 5.05. The first-order valence-corrected chi connectivity index (χ1v) is 11.4. The van der Waals surface area contributed by atoms with Gasteiger partial charge in [0.1, 0.15) is 18.4 Å². The molecule has 1 aliphatic heterocycles. The first-order valence-electron chi connectivity index (χ1n) is 10.6. The van der Waals surface area contributed by atoms with Crippen molar-refractivity contribution in [3.8, 4) is 5.75 Å². The Kier molecular flexibility index (Phi) is 8.41. The Hall–Kier alpha value is -3.23. The number of carboxylic acid groups (broad SMARTS) is 1. The molecular weight excluding hydrogens is 481 g/mol. The van der Waals surface area contributed by atoms with Crippen molar-refractivity contribution in [2.45, 2.75) is 26.3 Å². The van der Waals surface area contributed by atoms with E-state index < -0.39 is 17.9 Å². The molecule has 2 aromatic rings. The topological polar surface area (TPSA) is 117 Å². The lowest BCUT2D eigenvalue weighted by Crippen LogP contribution is -2.33. The maximum atomic E-state index is 12.7. The van der Waals surface area contributed by atoms with Crippen LogP contribution in [-0.4, -0.2) is 42.1 Å². The molecular formula is C24H25Cl2N3O5. The van der Waals surface area contributed by atoms with Crippen molar-refractivity contribution in [2.24, 2.45) is 5.92 Å². The summed E-state index contributed by atoms with van der Waals surface area (Å²) < 4.78 is 5.59. The predicted octanol–water partition coefficient (Wildman–Crippen LogP) is 4.44. The molecule has 2 aromatic carbocycles. The summed E-state index contributed by atoms with van der Waals surface area (Å²) in [5.74, 6) is -1.00. The Morgan fingerprint density at radius 2 is 1.91 bits per heavy atom. The number of fused-ring (bicyclic) bond motifs is 1. The second kappa shape index (κ2) is 11.3. The van der Waals surface area contributed by atoms with Gasteiger partial charge in [0.15, 0.2) is 0 Å². The molecule has 8 nitrogen and oxygen atoms in total. The summed E-state index contributed by atoms with van der Waals surface area (Å²) in [5, 5.41) is 18.5. The van der Waals surface area contributed by atoms with E-state index in [0.29, 0.717) is 51.5 Å². The van der Waals surface area contributed by atoms with Gasteiger partial charge >= 0.3 is 5.97 Å². The van der Waals surface area contributed by atoms with Crippen LogP contribution in [0.5, 0.6) is 5.75 Å². The van der Waals surface area contributed by atoms with E-state index in [1.165, 1.54) is 6.08 Å². The number of hydrogen-bond donors (Lipinski definition) is 4. The molecule has 0 spiro atoms. The highest BCUT2D eigenvalue weighted by Crippen LogP contribution is 2.40. The Bertz CT molecular complexity index is 1120. The van der Waals surface area contributed by atoms with E-state index in [1.54, 1.807) is 36.4 Å². The minimum atomic E-state index is -1.05. The first kappa shape index (κ1) is 25.4. The highest BCUT2D eigenvalue weighted by atomic mass is 35.5.